The highest BCUT2D eigenvalue weighted by Gasteiger charge is 2.49. The maximum Gasteiger partial charge on any atom is 0.408 e. The Morgan fingerprint density at radius 1 is 0.745 bits per heavy atom. The molecule has 1 fully saturated rings. The highest BCUT2D eigenvalue weighted by atomic mass is 16.7. The van der Waals surface area contributed by atoms with Crippen molar-refractivity contribution in [3.05, 3.63) is 108 Å². The Balaban J connectivity index is 1.62. The monoisotopic (exact) mass is 649 g/mol. The topological polar surface area (TPSA) is 111 Å². The van der Waals surface area contributed by atoms with Crippen LogP contribution in [-0.4, -0.2) is 67.6 Å². The summed E-state index contributed by atoms with van der Waals surface area (Å²) >= 11 is 0. The van der Waals surface area contributed by atoms with E-state index in [4.69, 9.17) is 33.2 Å². The van der Waals surface area contributed by atoms with Crippen molar-refractivity contribution in [1.82, 2.24) is 5.32 Å². The lowest BCUT2D eigenvalue weighted by atomic mass is 9.98. The summed E-state index contributed by atoms with van der Waals surface area (Å²) in [4.78, 5) is 25.5. The van der Waals surface area contributed by atoms with Crippen LogP contribution in [0.4, 0.5) is 4.79 Å². The Kier molecular flexibility index (Phi) is 13.3. The second-order valence-corrected chi connectivity index (χ2v) is 12.5. The number of amides is 1. The van der Waals surface area contributed by atoms with E-state index in [2.05, 4.69) is 5.32 Å². The zero-order valence-electron chi connectivity index (χ0n) is 28.0. The number of benzene rings is 3. The van der Waals surface area contributed by atoms with E-state index in [1.807, 2.05) is 97.9 Å². The van der Waals surface area contributed by atoms with Crippen LogP contribution < -0.4 is 5.32 Å². The lowest BCUT2D eigenvalue weighted by molar-refractivity contribution is -0.328. The zero-order chi connectivity index (χ0) is 33.8. The van der Waals surface area contributed by atoms with Gasteiger partial charge < -0.3 is 38.5 Å². The van der Waals surface area contributed by atoms with Crippen molar-refractivity contribution in [2.24, 2.45) is 0 Å². The number of hydrogen-bond donors (Lipinski definition) is 1. The molecule has 0 radical (unpaired) electrons. The van der Waals surface area contributed by atoms with Crippen molar-refractivity contribution >= 4 is 12.1 Å². The summed E-state index contributed by atoms with van der Waals surface area (Å²) < 4.78 is 42.9. The fourth-order valence-electron chi connectivity index (χ4n) is 5.20. The predicted octanol–water partition coefficient (Wildman–Crippen LogP) is 5.96. The van der Waals surface area contributed by atoms with Gasteiger partial charge in [-0.05, 0) is 51.3 Å². The zero-order valence-corrected chi connectivity index (χ0v) is 28.0. The van der Waals surface area contributed by atoms with Crippen LogP contribution in [0.25, 0.3) is 0 Å². The van der Waals surface area contributed by atoms with Gasteiger partial charge in [-0.3, -0.25) is 0 Å². The van der Waals surface area contributed by atoms with Gasteiger partial charge in [0.25, 0.3) is 0 Å². The largest absolute Gasteiger partial charge is 0.467 e. The maximum atomic E-state index is 12.9. The van der Waals surface area contributed by atoms with E-state index < -0.39 is 60.5 Å². The Bertz CT molecular complexity index is 1370. The van der Waals surface area contributed by atoms with Crippen molar-refractivity contribution in [1.29, 1.82) is 0 Å². The van der Waals surface area contributed by atoms with E-state index >= 15 is 0 Å². The van der Waals surface area contributed by atoms with Gasteiger partial charge in [-0.1, -0.05) is 91.0 Å². The third kappa shape index (κ3) is 11.2. The second-order valence-electron chi connectivity index (χ2n) is 12.5. The first-order chi connectivity index (χ1) is 22.5. The van der Waals surface area contributed by atoms with Gasteiger partial charge in [0, 0.05) is 0 Å². The molecule has 10 heteroatoms. The molecule has 0 bridgehead atoms. The lowest BCUT2D eigenvalue weighted by Gasteiger charge is -2.46. The number of carbonyl (C=O) groups excluding carboxylic acids is 2. The number of nitrogens with one attached hydrogen (secondary N) is 1. The summed E-state index contributed by atoms with van der Waals surface area (Å²) in [6, 6.07) is 28.2. The van der Waals surface area contributed by atoms with Crippen molar-refractivity contribution in [3.8, 4) is 0 Å². The highest BCUT2D eigenvalue weighted by Crippen LogP contribution is 2.32. The normalized spacial score (nSPS) is 22.6. The molecule has 1 saturated heterocycles. The van der Waals surface area contributed by atoms with Gasteiger partial charge in [0.15, 0.2) is 12.3 Å². The van der Waals surface area contributed by atoms with Crippen LogP contribution in [0, 0.1) is 0 Å². The number of alkyl carbamates (subject to hydrolysis) is 1. The molecular weight excluding hydrogens is 602 g/mol. The quantitative estimate of drug-likeness (QED) is 0.212. The van der Waals surface area contributed by atoms with Crippen LogP contribution in [0.2, 0.25) is 0 Å². The lowest BCUT2D eigenvalue weighted by Crippen LogP contribution is -2.61. The van der Waals surface area contributed by atoms with Crippen LogP contribution in [-0.2, 0) is 57.8 Å². The van der Waals surface area contributed by atoms with E-state index in [1.54, 1.807) is 27.7 Å². The molecule has 1 aliphatic rings. The van der Waals surface area contributed by atoms with E-state index in [0.717, 1.165) is 16.7 Å². The molecule has 0 aromatic heterocycles. The smallest absolute Gasteiger partial charge is 0.408 e. The molecule has 0 spiro atoms. The fourth-order valence-corrected chi connectivity index (χ4v) is 5.20. The molecule has 0 saturated carbocycles. The summed E-state index contributed by atoms with van der Waals surface area (Å²) in [5, 5.41) is 2.59. The van der Waals surface area contributed by atoms with Gasteiger partial charge in [-0.15, -0.1) is 0 Å². The first-order valence-corrected chi connectivity index (χ1v) is 15.9. The van der Waals surface area contributed by atoms with E-state index in [-0.39, 0.29) is 6.61 Å². The van der Waals surface area contributed by atoms with Gasteiger partial charge in [0.2, 0.25) is 0 Å². The average molecular weight is 650 g/mol. The summed E-state index contributed by atoms with van der Waals surface area (Å²) in [6.45, 7) is 9.61. The van der Waals surface area contributed by atoms with Crippen LogP contribution >= 0.6 is 0 Å². The van der Waals surface area contributed by atoms with Crippen molar-refractivity contribution in [3.63, 3.8) is 0 Å². The highest BCUT2D eigenvalue weighted by molar-refractivity contribution is 5.82. The number of rotatable bonds is 14. The van der Waals surface area contributed by atoms with E-state index in [1.165, 1.54) is 7.11 Å². The van der Waals surface area contributed by atoms with Crippen LogP contribution in [0.5, 0.6) is 0 Å². The van der Waals surface area contributed by atoms with E-state index in [0.29, 0.717) is 13.2 Å². The molecule has 4 rings (SSSR count). The second kappa shape index (κ2) is 17.4. The number of carbonyl (C=O) groups is 2. The third-order valence-corrected chi connectivity index (χ3v) is 7.53. The fraction of sp³-hybridized carbons (Fsp3) is 0.459. The molecule has 3 aromatic rings. The first kappa shape index (κ1) is 36.0. The van der Waals surface area contributed by atoms with Gasteiger partial charge in [-0.2, -0.15) is 0 Å². The standard InChI is InChI=1S/C37H47NO9/c1-25(30(34(39)41-6)38-36(40)47-37(3,4)5)45-35-33(44-24-29-20-14-9-15-21-29)32(43-23-28-18-12-8-13-19-28)31(26(2)46-35)42-22-27-16-10-7-11-17-27/h7-21,25-26,30-33,35H,22-24H2,1-6H3,(H,38,40)/t25-,26+,30+,31-,32-,33+,35-/m1/s1. The van der Waals surface area contributed by atoms with Crippen molar-refractivity contribution in [2.75, 3.05) is 7.11 Å². The minimum Gasteiger partial charge on any atom is -0.467 e. The summed E-state index contributed by atoms with van der Waals surface area (Å²) in [5.41, 5.74) is 2.16. The van der Waals surface area contributed by atoms with Gasteiger partial charge in [-0.25, -0.2) is 9.59 Å². The molecule has 1 N–H and O–H groups in total. The van der Waals surface area contributed by atoms with Crippen molar-refractivity contribution < 1.29 is 42.7 Å². The molecule has 0 aliphatic carbocycles. The first-order valence-electron chi connectivity index (χ1n) is 15.9. The molecule has 0 unspecified atom stereocenters. The summed E-state index contributed by atoms with van der Waals surface area (Å²) in [7, 11) is 1.24. The molecule has 1 amide bonds. The van der Waals surface area contributed by atoms with Crippen LogP contribution in [0.15, 0.2) is 91.0 Å². The maximum absolute atomic E-state index is 12.9. The Labute approximate surface area is 277 Å². The summed E-state index contributed by atoms with van der Waals surface area (Å²) in [5.74, 6) is -0.699. The average Bonchev–Trinajstić information content (AvgIpc) is 3.05. The number of hydrogen-bond acceptors (Lipinski definition) is 9. The SMILES string of the molecule is COC(=O)[C@@H](NC(=O)OC(C)(C)C)[C@@H](C)O[C@@H]1O[C@@H](C)[C@@H](OCc2ccccc2)[C@@H](OCc2ccccc2)[C@@H]1OCc1ccccc1. The van der Waals surface area contributed by atoms with Gasteiger partial charge in [0.05, 0.1) is 39.1 Å². The Morgan fingerprint density at radius 3 is 1.64 bits per heavy atom. The molecule has 3 aromatic carbocycles. The number of esters is 1. The molecule has 10 nitrogen and oxygen atoms in total. The van der Waals surface area contributed by atoms with Crippen molar-refractivity contribution in [2.45, 2.75) is 103 Å². The molecule has 7 atom stereocenters. The summed E-state index contributed by atoms with van der Waals surface area (Å²) in [6.07, 6.45) is -5.16. The Morgan fingerprint density at radius 2 is 1.19 bits per heavy atom. The molecule has 1 aliphatic heterocycles. The van der Waals surface area contributed by atoms with Crippen LogP contribution in [0.1, 0.15) is 51.3 Å². The Hall–Kier alpha value is -3.80. The third-order valence-electron chi connectivity index (χ3n) is 7.53. The predicted molar refractivity (Wildman–Crippen MR) is 175 cm³/mol. The minimum atomic E-state index is -1.20. The minimum absolute atomic E-state index is 0.241. The number of ether oxygens (including phenoxy) is 7. The van der Waals surface area contributed by atoms with Gasteiger partial charge >= 0.3 is 12.1 Å². The molecular formula is C37H47NO9. The number of methoxy groups -OCH3 is 1. The van der Waals surface area contributed by atoms with Gasteiger partial charge in [0.1, 0.15) is 23.9 Å². The van der Waals surface area contributed by atoms with Crippen LogP contribution in [0.3, 0.4) is 0 Å². The van der Waals surface area contributed by atoms with E-state index in [9.17, 15) is 9.59 Å². The molecule has 1 heterocycles. The molecule has 254 valence electrons. The molecule has 47 heavy (non-hydrogen) atoms.